The topological polar surface area (TPSA) is 46.0 Å². The van der Waals surface area contributed by atoms with E-state index in [1.165, 1.54) is 28.2 Å². The molecule has 2 aliphatic heterocycles. The Morgan fingerprint density at radius 3 is 2.65 bits per heavy atom. The van der Waals surface area contributed by atoms with Gasteiger partial charge in [-0.2, -0.15) is 0 Å². The van der Waals surface area contributed by atoms with Crippen molar-refractivity contribution >= 4 is 11.5 Å². The van der Waals surface area contributed by atoms with Crippen molar-refractivity contribution in [1.82, 2.24) is 14.5 Å². The lowest BCUT2D eigenvalue weighted by molar-refractivity contribution is 0.461. The molecule has 1 aromatic carbocycles. The van der Waals surface area contributed by atoms with Crippen molar-refractivity contribution in [3.8, 4) is 11.3 Å². The summed E-state index contributed by atoms with van der Waals surface area (Å²) in [7, 11) is 0. The average molecular weight is 414 g/mol. The number of pyridine rings is 1. The molecule has 31 heavy (non-hydrogen) atoms. The molecule has 1 fully saturated rings. The number of hydrogen-bond donors (Lipinski definition) is 1. The number of allylic oxidation sites excluding steroid dienone is 1. The van der Waals surface area contributed by atoms with Crippen LogP contribution in [-0.2, 0) is 13.0 Å². The second-order valence-corrected chi connectivity index (χ2v) is 8.87. The van der Waals surface area contributed by atoms with Gasteiger partial charge >= 0.3 is 0 Å². The Balaban J connectivity index is 1.35. The van der Waals surface area contributed by atoms with Gasteiger partial charge in [0.1, 0.15) is 11.6 Å². The fourth-order valence-corrected chi connectivity index (χ4v) is 4.88. The lowest BCUT2D eigenvalue weighted by Crippen LogP contribution is -2.34. The minimum absolute atomic E-state index is 0.492. The Morgan fingerprint density at radius 2 is 1.90 bits per heavy atom. The first-order valence-electron chi connectivity index (χ1n) is 11.4. The highest BCUT2D eigenvalue weighted by atomic mass is 15.2. The van der Waals surface area contributed by atoms with Crippen molar-refractivity contribution in [1.29, 1.82) is 0 Å². The molecule has 5 nitrogen and oxygen atoms in total. The normalized spacial score (nSPS) is 16.5. The number of hydrogen-bond acceptors (Lipinski definition) is 4. The fourth-order valence-electron chi connectivity index (χ4n) is 4.88. The van der Waals surface area contributed by atoms with Gasteiger partial charge in [0.05, 0.1) is 5.69 Å². The van der Waals surface area contributed by atoms with E-state index in [4.69, 9.17) is 9.97 Å². The summed E-state index contributed by atoms with van der Waals surface area (Å²) in [6, 6.07) is 10.8. The summed E-state index contributed by atoms with van der Waals surface area (Å²) in [5, 5.41) is 3.38. The number of fused-ring (bicyclic) bond motifs is 1. The molecular formula is C26H31N5. The molecule has 1 saturated heterocycles. The lowest BCUT2D eigenvalue weighted by atomic mass is 9.95. The van der Waals surface area contributed by atoms with Gasteiger partial charge in [0.15, 0.2) is 0 Å². The first kappa shape index (κ1) is 19.9. The molecule has 0 saturated carbocycles. The van der Waals surface area contributed by atoms with Crippen molar-refractivity contribution in [2.24, 2.45) is 0 Å². The smallest absolute Gasteiger partial charge is 0.134 e. The molecule has 5 rings (SSSR count). The van der Waals surface area contributed by atoms with Crippen LogP contribution in [0.3, 0.4) is 0 Å². The quantitative estimate of drug-likeness (QED) is 0.597. The van der Waals surface area contributed by atoms with E-state index in [1.54, 1.807) is 0 Å². The van der Waals surface area contributed by atoms with E-state index in [1.807, 2.05) is 6.20 Å². The van der Waals surface area contributed by atoms with Crippen LogP contribution in [0.4, 0.5) is 11.5 Å². The number of piperidine rings is 1. The molecule has 0 amide bonds. The van der Waals surface area contributed by atoms with Crippen LogP contribution in [0, 0.1) is 6.92 Å². The van der Waals surface area contributed by atoms with Crippen LogP contribution in [0.15, 0.2) is 55.0 Å². The molecular weight excluding hydrogens is 382 g/mol. The molecule has 0 bridgehead atoms. The van der Waals surface area contributed by atoms with Gasteiger partial charge in [0.2, 0.25) is 0 Å². The second kappa shape index (κ2) is 8.22. The Kier molecular flexibility index (Phi) is 5.26. The molecule has 0 aliphatic carbocycles. The molecule has 2 aromatic heterocycles. The summed E-state index contributed by atoms with van der Waals surface area (Å²) in [6.45, 7) is 11.5. The summed E-state index contributed by atoms with van der Waals surface area (Å²) < 4.78 is 2.39. The van der Waals surface area contributed by atoms with Crippen molar-refractivity contribution in [2.45, 2.75) is 52.0 Å². The first-order chi connectivity index (χ1) is 15.1. The van der Waals surface area contributed by atoms with Crippen LogP contribution in [-0.4, -0.2) is 27.6 Å². The maximum atomic E-state index is 5.13. The van der Waals surface area contributed by atoms with E-state index in [2.05, 4.69) is 71.7 Å². The summed E-state index contributed by atoms with van der Waals surface area (Å²) in [5.74, 6) is 2.87. The molecule has 0 unspecified atom stereocenters. The van der Waals surface area contributed by atoms with Crippen LogP contribution in [0.5, 0.6) is 0 Å². The van der Waals surface area contributed by atoms with Gasteiger partial charge in [-0.15, -0.1) is 0 Å². The van der Waals surface area contributed by atoms with E-state index in [-0.39, 0.29) is 0 Å². The number of aryl methyl sites for hydroxylation is 2. The minimum atomic E-state index is 0.492. The van der Waals surface area contributed by atoms with E-state index < -0.39 is 0 Å². The van der Waals surface area contributed by atoms with Gasteiger partial charge in [0.25, 0.3) is 0 Å². The number of nitrogens with one attached hydrogen (secondary N) is 1. The van der Waals surface area contributed by atoms with Gasteiger partial charge in [-0.05, 0) is 32.3 Å². The maximum absolute atomic E-state index is 5.13. The molecule has 0 atom stereocenters. The van der Waals surface area contributed by atoms with Crippen molar-refractivity contribution in [3.63, 3.8) is 0 Å². The Hall–Kier alpha value is -3.08. The zero-order valence-corrected chi connectivity index (χ0v) is 18.6. The van der Waals surface area contributed by atoms with Gasteiger partial charge in [-0.25, -0.2) is 9.97 Å². The molecule has 4 heterocycles. The fraction of sp³-hybridized carbons (Fsp3) is 0.385. The zero-order chi connectivity index (χ0) is 21.4. The summed E-state index contributed by atoms with van der Waals surface area (Å²) in [4.78, 5) is 12.3. The van der Waals surface area contributed by atoms with Crippen molar-refractivity contribution in [3.05, 3.63) is 72.0 Å². The second-order valence-electron chi connectivity index (χ2n) is 8.87. The molecule has 160 valence electrons. The number of rotatable bonds is 5. The highest BCUT2D eigenvalue weighted by Crippen LogP contribution is 2.37. The van der Waals surface area contributed by atoms with Gasteiger partial charge in [-0.1, -0.05) is 43.3 Å². The summed E-state index contributed by atoms with van der Waals surface area (Å²) in [6.07, 6.45) is 8.36. The predicted molar refractivity (Wildman–Crippen MR) is 128 cm³/mol. The minimum Gasteiger partial charge on any atom is -0.359 e. The standard InChI is InChI=1S/C26H31N5/c1-4-13-31-17-24(20-7-5-18(2)6-8-20)29-25(31)21-10-14-30(15-11-21)26-22-16-19(3)28-23(22)9-12-27-26/h5-9,12,17,21,28H,3-4,10-11,13-16H2,1-2H3. The molecule has 0 radical (unpaired) electrons. The SMILES string of the molecule is C=C1Cc2c(ccnc2N2CCC(c3nc(-c4ccc(C)cc4)cn3CCC)CC2)N1. The lowest BCUT2D eigenvalue weighted by Gasteiger charge is -2.33. The third-order valence-electron chi connectivity index (χ3n) is 6.51. The maximum Gasteiger partial charge on any atom is 0.134 e. The highest BCUT2D eigenvalue weighted by molar-refractivity contribution is 5.70. The van der Waals surface area contributed by atoms with Gasteiger partial charge < -0.3 is 14.8 Å². The highest BCUT2D eigenvalue weighted by Gasteiger charge is 2.28. The molecule has 0 spiro atoms. The predicted octanol–water partition coefficient (Wildman–Crippen LogP) is 5.53. The third kappa shape index (κ3) is 3.85. The van der Waals surface area contributed by atoms with E-state index >= 15 is 0 Å². The Labute approximate surface area is 184 Å². The monoisotopic (exact) mass is 413 g/mol. The van der Waals surface area contributed by atoms with E-state index in [9.17, 15) is 0 Å². The molecule has 2 aliphatic rings. The van der Waals surface area contributed by atoms with Crippen LogP contribution in [0.25, 0.3) is 11.3 Å². The van der Waals surface area contributed by atoms with E-state index in [0.29, 0.717) is 5.92 Å². The number of anilines is 2. The molecule has 3 aromatic rings. The number of imidazole rings is 1. The van der Waals surface area contributed by atoms with Crippen LogP contribution in [0.1, 0.15) is 49.1 Å². The largest absolute Gasteiger partial charge is 0.359 e. The average Bonchev–Trinajstić information content (AvgIpc) is 3.37. The zero-order valence-electron chi connectivity index (χ0n) is 18.6. The molecule has 5 heteroatoms. The number of aromatic nitrogens is 3. The van der Waals surface area contributed by atoms with Crippen LogP contribution < -0.4 is 10.2 Å². The van der Waals surface area contributed by atoms with Gasteiger partial charge in [-0.3, -0.25) is 0 Å². The summed E-state index contributed by atoms with van der Waals surface area (Å²) in [5.41, 5.74) is 7.10. The number of nitrogens with zero attached hydrogens (tertiary/aromatic N) is 4. The Morgan fingerprint density at radius 1 is 1.13 bits per heavy atom. The summed E-state index contributed by atoms with van der Waals surface area (Å²) >= 11 is 0. The third-order valence-corrected chi connectivity index (χ3v) is 6.51. The van der Waals surface area contributed by atoms with E-state index in [0.717, 1.165) is 62.5 Å². The van der Waals surface area contributed by atoms with Crippen LogP contribution in [0.2, 0.25) is 0 Å². The van der Waals surface area contributed by atoms with Crippen molar-refractivity contribution < 1.29 is 0 Å². The van der Waals surface area contributed by atoms with Gasteiger partial charge in [0, 0.05) is 66.9 Å². The van der Waals surface area contributed by atoms with Crippen LogP contribution >= 0.6 is 0 Å². The van der Waals surface area contributed by atoms with Crippen molar-refractivity contribution in [2.75, 3.05) is 23.3 Å². The first-order valence-corrected chi connectivity index (χ1v) is 11.4. The Bertz CT molecular complexity index is 1090. The number of benzene rings is 1. The molecule has 1 N–H and O–H groups in total.